The monoisotopic (exact) mass is 590 g/mol. The average Bonchev–Trinajstić information content (AvgIpc) is 2.99. The number of allylic oxidation sites excluding steroid dienone is 6. The topological polar surface area (TPSA) is 72.8 Å². The maximum Gasteiger partial charge on any atom is 0.306 e. The van der Waals surface area contributed by atoms with Crippen molar-refractivity contribution in [3.8, 4) is 0 Å². The summed E-state index contributed by atoms with van der Waals surface area (Å²) in [5.74, 6) is -0.619. The normalized spacial score (nSPS) is 12.5. The van der Waals surface area contributed by atoms with E-state index < -0.39 is 6.10 Å². The zero-order valence-corrected chi connectivity index (χ0v) is 27.5. The Hall–Kier alpha value is -1.88. The maximum atomic E-state index is 12.1. The molecular formula is C37H66O5. The highest BCUT2D eigenvalue weighted by Gasteiger charge is 2.16. The first-order chi connectivity index (χ1) is 20.6. The Labute approximate surface area is 259 Å². The third kappa shape index (κ3) is 31.1. The van der Waals surface area contributed by atoms with Crippen molar-refractivity contribution >= 4 is 11.9 Å². The van der Waals surface area contributed by atoms with E-state index in [1.54, 1.807) is 0 Å². The van der Waals surface area contributed by atoms with Crippen LogP contribution in [0.5, 0.6) is 0 Å². The summed E-state index contributed by atoms with van der Waals surface area (Å²) < 4.78 is 10.5. The van der Waals surface area contributed by atoms with Crippen LogP contribution in [0.2, 0.25) is 0 Å². The molecule has 0 fully saturated rings. The van der Waals surface area contributed by atoms with Crippen LogP contribution in [0.15, 0.2) is 36.5 Å². The summed E-state index contributed by atoms with van der Waals surface area (Å²) >= 11 is 0. The minimum atomic E-state index is -0.779. The lowest BCUT2D eigenvalue weighted by Gasteiger charge is -2.15. The summed E-state index contributed by atoms with van der Waals surface area (Å²) in [5.41, 5.74) is 0. The second kappa shape index (κ2) is 33.6. The zero-order chi connectivity index (χ0) is 30.8. The Bertz CT molecular complexity index is 682. The quantitative estimate of drug-likeness (QED) is 0.0494. The van der Waals surface area contributed by atoms with Gasteiger partial charge in [-0.05, 0) is 64.2 Å². The van der Waals surface area contributed by atoms with E-state index in [1.165, 1.54) is 77.0 Å². The van der Waals surface area contributed by atoms with Crippen molar-refractivity contribution < 1.29 is 24.2 Å². The molecule has 0 spiro atoms. The van der Waals surface area contributed by atoms with E-state index in [-0.39, 0.29) is 25.2 Å². The van der Waals surface area contributed by atoms with Crippen LogP contribution >= 0.6 is 0 Å². The van der Waals surface area contributed by atoms with Gasteiger partial charge in [-0.15, -0.1) is 0 Å². The Kier molecular flexibility index (Phi) is 32.1. The molecule has 0 aromatic heterocycles. The largest absolute Gasteiger partial charge is 0.462 e. The third-order valence-corrected chi connectivity index (χ3v) is 7.41. The van der Waals surface area contributed by atoms with Gasteiger partial charge in [-0.3, -0.25) is 9.59 Å². The highest BCUT2D eigenvalue weighted by atomic mass is 16.6. The third-order valence-electron chi connectivity index (χ3n) is 7.41. The lowest BCUT2D eigenvalue weighted by atomic mass is 10.1. The first kappa shape index (κ1) is 40.1. The Balaban J connectivity index is 3.62. The molecule has 0 bridgehead atoms. The summed E-state index contributed by atoms with van der Waals surface area (Å²) in [6, 6.07) is 0. The van der Waals surface area contributed by atoms with Gasteiger partial charge in [-0.25, -0.2) is 0 Å². The second-order valence-electron chi connectivity index (χ2n) is 11.6. The number of carbonyl (C=O) groups excluding carboxylic acids is 2. The van der Waals surface area contributed by atoms with Gasteiger partial charge in [-0.1, -0.05) is 127 Å². The standard InChI is InChI=1S/C37H66O5/c1-3-5-7-9-11-13-15-17-19-21-23-25-27-29-31-36(39)41-34-35(33-38)42-37(40)32-30-28-26-24-22-20-18-16-14-12-10-8-6-4-2/h10,12,15-18,35,38H,3-9,11,13-14,19-34H2,1-2H3/b12-10-,17-15-,18-16-/t35-/m0/s1. The van der Waals surface area contributed by atoms with E-state index in [4.69, 9.17) is 9.47 Å². The van der Waals surface area contributed by atoms with Crippen LogP contribution in [0.25, 0.3) is 0 Å². The van der Waals surface area contributed by atoms with Crippen LogP contribution in [0.1, 0.15) is 168 Å². The molecule has 42 heavy (non-hydrogen) atoms. The van der Waals surface area contributed by atoms with Crippen molar-refractivity contribution in [3.63, 3.8) is 0 Å². The maximum absolute atomic E-state index is 12.1. The second-order valence-corrected chi connectivity index (χ2v) is 11.6. The van der Waals surface area contributed by atoms with Crippen molar-refractivity contribution in [1.82, 2.24) is 0 Å². The van der Waals surface area contributed by atoms with Crippen molar-refractivity contribution in [1.29, 1.82) is 0 Å². The molecule has 0 aliphatic carbocycles. The molecule has 5 heteroatoms. The van der Waals surface area contributed by atoms with Gasteiger partial charge in [0.1, 0.15) is 6.61 Å². The molecule has 0 saturated carbocycles. The van der Waals surface area contributed by atoms with E-state index in [9.17, 15) is 14.7 Å². The zero-order valence-electron chi connectivity index (χ0n) is 27.5. The van der Waals surface area contributed by atoms with Gasteiger partial charge in [0, 0.05) is 12.8 Å². The number of esters is 2. The van der Waals surface area contributed by atoms with Gasteiger partial charge in [0.2, 0.25) is 0 Å². The van der Waals surface area contributed by atoms with Crippen molar-refractivity contribution in [2.75, 3.05) is 13.2 Å². The molecule has 1 N–H and O–H groups in total. The fourth-order valence-corrected chi connectivity index (χ4v) is 4.68. The molecule has 244 valence electrons. The number of hydrogen-bond acceptors (Lipinski definition) is 5. The predicted molar refractivity (Wildman–Crippen MR) is 178 cm³/mol. The summed E-state index contributed by atoms with van der Waals surface area (Å²) in [6.07, 6.45) is 39.1. The van der Waals surface area contributed by atoms with Gasteiger partial charge < -0.3 is 14.6 Å². The molecular weight excluding hydrogens is 524 g/mol. The van der Waals surface area contributed by atoms with E-state index >= 15 is 0 Å². The molecule has 0 aliphatic rings. The van der Waals surface area contributed by atoms with Crippen molar-refractivity contribution in [3.05, 3.63) is 36.5 Å². The van der Waals surface area contributed by atoms with Crippen LogP contribution in [-0.4, -0.2) is 36.4 Å². The molecule has 0 aromatic carbocycles. The Morgan fingerprint density at radius 2 is 0.976 bits per heavy atom. The van der Waals surface area contributed by atoms with Gasteiger partial charge in [0.15, 0.2) is 6.10 Å². The summed E-state index contributed by atoms with van der Waals surface area (Å²) in [7, 11) is 0. The average molecular weight is 591 g/mol. The van der Waals surface area contributed by atoms with Crippen LogP contribution in [0, 0.1) is 0 Å². The number of carbonyl (C=O) groups is 2. The van der Waals surface area contributed by atoms with Crippen LogP contribution in [0.3, 0.4) is 0 Å². The molecule has 5 nitrogen and oxygen atoms in total. The number of aliphatic hydroxyl groups excluding tert-OH is 1. The Morgan fingerprint density at radius 3 is 1.50 bits per heavy atom. The molecule has 0 amide bonds. The van der Waals surface area contributed by atoms with Crippen LogP contribution in [0.4, 0.5) is 0 Å². The van der Waals surface area contributed by atoms with Crippen molar-refractivity contribution in [2.24, 2.45) is 0 Å². The molecule has 0 radical (unpaired) electrons. The number of hydrogen-bond donors (Lipinski definition) is 1. The first-order valence-corrected chi connectivity index (χ1v) is 17.5. The molecule has 0 heterocycles. The fourth-order valence-electron chi connectivity index (χ4n) is 4.68. The van der Waals surface area contributed by atoms with Gasteiger partial charge in [-0.2, -0.15) is 0 Å². The Morgan fingerprint density at radius 1 is 0.548 bits per heavy atom. The summed E-state index contributed by atoms with van der Waals surface area (Å²) in [5, 5.41) is 9.51. The van der Waals surface area contributed by atoms with Crippen LogP contribution in [-0.2, 0) is 19.1 Å². The number of aliphatic hydroxyl groups is 1. The van der Waals surface area contributed by atoms with E-state index in [2.05, 4.69) is 50.3 Å². The molecule has 0 unspecified atom stereocenters. The fraction of sp³-hybridized carbons (Fsp3) is 0.784. The molecule has 1 atom stereocenters. The first-order valence-electron chi connectivity index (χ1n) is 17.5. The SMILES string of the molecule is CCCC/C=C\C/C=C\CCCCCCCC(=O)O[C@@H](CO)COC(=O)CCCCCCC/C=C\CCCCCCC. The van der Waals surface area contributed by atoms with E-state index in [1.807, 2.05) is 0 Å². The highest BCUT2D eigenvalue weighted by Crippen LogP contribution is 2.11. The highest BCUT2D eigenvalue weighted by molar-refractivity contribution is 5.70. The molecule has 0 aromatic rings. The summed E-state index contributed by atoms with van der Waals surface area (Å²) in [6.45, 7) is 4.05. The van der Waals surface area contributed by atoms with Crippen molar-refractivity contribution in [2.45, 2.75) is 174 Å². The smallest absolute Gasteiger partial charge is 0.306 e. The lowest BCUT2D eigenvalue weighted by Crippen LogP contribution is -2.28. The number of ether oxygens (including phenoxy) is 2. The minimum absolute atomic E-state index is 0.0753. The van der Waals surface area contributed by atoms with E-state index in [0.29, 0.717) is 12.8 Å². The van der Waals surface area contributed by atoms with Gasteiger partial charge >= 0.3 is 11.9 Å². The van der Waals surface area contributed by atoms with Crippen LogP contribution < -0.4 is 0 Å². The van der Waals surface area contributed by atoms with E-state index in [0.717, 1.165) is 64.2 Å². The number of rotatable bonds is 31. The van der Waals surface area contributed by atoms with Gasteiger partial charge in [0.25, 0.3) is 0 Å². The number of unbranched alkanes of at least 4 members (excludes halogenated alkanes) is 17. The minimum Gasteiger partial charge on any atom is -0.462 e. The summed E-state index contributed by atoms with van der Waals surface area (Å²) in [4.78, 5) is 24.1. The molecule has 0 aliphatic heterocycles. The molecule has 0 saturated heterocycles. The van der Waals surface area contributed by atoms with Gasteiger partial charge in [0.05, 0.1) is 6.61 Å². The molecule has 0 rings (SSSR count). The predicted octanol–water partition coefficient (Wildman–Crippen LogP) is 10.5. The lowest BCUT2D eigenvalue weighted by molar-refractivity contribution is -0.161.